The second-order valence-corrected chi connectivity index (χ2v) is 6.07. The van der Waals surface area contributed by atoms with Crippen molar-refractivity contribution in [2.24, 2.45) is 5.73 Å². The molecule has 4 heteroatoms. The van der Waals surface area contributed by atoms with E-state index in [2.05, 4.69) is 30.9 Å². The lowest BCUT2D eigenvalue weighted by Crippen LogP contribution is -2.41. The average molecular weight is 256 g/mol. The summed E-state index contributed by atoms with van der Waals surface area (Å²) in [7, 11) is 2.03. The summed E-state index contributed by atoms with van der Waals surface area (Å²) in [6.45, 7) is 6.67. The second kappa shape index (κ2) is 6.50. The van der Waals surface area contributed by atoms with E-state index in [1.807, 2.05) is 14.0 Å². The van der Waals surface area contributed by atoms with Crippen LogP contribution in [0.1, 0.15) is 36.1 Å². The molecule has 0 amide bonds. The van der Waals surface area contributed by atoms with Crippen LogP contribution >= 0.6 is 11.3 Å². The van der Waals surface area contributed by atoms with Crippen LogP contribution in [-0.2, 0) is 0 Å². The quantitative estimate of drug-likeness (QED) is 0.820. The number of nitrogens with two attached hydrogens (primary N) is 1. The molecule has 0 aromatic carbocycles. The number of aliphatic hydroxyl groups excluding tert-OH is 1. The van der Waals surface area contributed by atoms with Gasteiger partial charge in [0.15, 0.2) is 0 Å². The number of hydrogen-bond acceptors (Lipinski definition) is 4. The smallest absolute Gasteiger partial charge is 0.0639 e. The topological polar surface area (TPSA) is 49.5 Å². The second-order valence-electron chi connectivity index (χ2n) is 4.75. The lowest BCUT2D eigenvalue weighted by Gasteiger charge is -2.32. The van der Waals surface area contributed by atoms with Gasteiger partial charge in [0.05, 0.1) is 12.1 Å². The van der Waals surface area contributed by atoms with E-state index in [9.17, 15) is 5.11 Å². The molecule has 1 heterocycles. The van der Waals surface area contributed by atoms with Crippen LogP contribution in [0.2, 0.25) is 0 Å². The van der Waals surface area contributed by atoms with Crippen molar-refractivity contribution in [2.45, 2.75) is 45.4 Å². The summed E-state index contributed by atoms with van der Waals surface area (Å²) >= 11 is 1.79. The Hall–Kier alpha value is -0.420. The molecule has 0 saturated carbocycles. The zero-order valence-electron chi connectivity index (χ0n) is 11.2. The molecular formula is C13H24N2OS. The van der Waals surface area contributed by atoms with E-state index >= 15 is 0 Å². The monoisotopic (exact) mass is 256 g/mol. The van der Waals surface area contributed by atoms with Gasteiger partial charge in [-0.25, -0.2) is 0 Å². The number of thiophene rings is 1. The Bertz CT molecular complexity index is 338. The van der Waals surface area contributed by atoms with E-state index in [4.69, 9.17) is 5.73 Å². The van der Waals surface area contributed by atoms with Gasteiger partial charge in [-0.1, -0.05) is 6.92 Å². The zero-order chi connectivity index (χ0) is 13.0. The first-order valence-electron chi connectivity index (χ1n) is 6.16. The van der Waals surface area contributed by atoms with Gasteiger partial charge in [-0.15, -0.1) is 11.3 Å². The summed E-state index contributed by atoms with van der Waals surface area (Å²) < 4.78 is 0. The highest BCUT2D eigenvalue weighted by Crippen LogP contribution is 2.29. The van der Waals surface area contributed by atoms with E-state index in [1.165, 1.54) is 9.75 Å². The maximum Gasteiger partial charge on any atom is 0.0639 e. The molecule has 0 aliphatic rings. The molecule has 0 fully saturated rings. The fourth-order valence-corrected chi connectivity index (χ4v) is 3.24. The van der Waals surface area contributed by atoms with Gasteiger partial charge in [0.25, 0.3) is 0 Å². The van der Waals surface area contributed by atoms with Crippen LogP contribution in [-0.4, -0.2) is 35.7 Å². The van der Waals surface area contributed by atoms with E-state index in [0.29, 0.717) is 6.54 Å². The summed E-state index contributed by atoms with van der Waals surface area (Å²) in [6.07, 6.45) is 0.610. The highest BCUT2D eigenvalue weighted by atomic mass is 32.1. The molecule has 17 heavy (non-hydrogen) atoms. The van der Waals surface area contributed by atoms with Gasteiger partial charge in [-0.3, -0.25) is 4.90 Å². The van der Waals surface area contributed by atoms with Crippen LogP contribution in [0.4, 0.5) is 0 Å². The zero-order valence-corrected chi connectivity index (χ0v) is 12.0. The minimum atomic E-state index is -0.326. The van der Waals surface area contributed by atoms with Crippen molar-refractivity contribution in [3.63, 3.8) is 0 Å². The molecule has 1 aromatic rings. The molecule has 0 spiro atoms. The van der Waals surface area contributed by atoms with Gasteiger partial charge in [0.2, 0.25) is 0 Å². The lowest BCUT2D eigenvalue weighted by molar-refractivity contribution is 0.108. The molecule has 0 aliphatic heterocycles. The van der Waals surface area contributed by atoms with Crippen LogP contribution in [0.15, 0.2) is 12.1 Å². The third-order valence-electron chi connectivity index (χ3n) is 2.96. The Morgan fingerprint density at radius 3 is 2.53 bits per heavy atom. The van der Waals surface area contributed by atoms with Crippen molar-refractivity contribution in [3.05, 3.63) is 21.9 Å². The van der Waals surface area contributed by atoms with Crippen molar-refractivity contribution in [2.75, 3.05) is 13.6 Å². The average Bonchev–Trinajstić information content (AvgIpc) is 2.63. The van der Waals surface area contributed by atoms with Crippen molar-refractivity contribution in [1.29, 1.82) is 0 Å². The fourth-order valence-electron chi connectivity index (χ4n) is 2.12. The Morgan fingerprint density at radius 2 is 2.12 bits per heavy atom. The number of likely N-dealkylation sites (N-methyl/N-ethyl adjacent to an activating group) is 1. The minimum absolute atomic E-state index is 0.108. The van der Waals surface area contributed by atoms with Gasteiger partial charge >= 0.3 is 0 Å². The van der Waals surface area contributed by atoms with Crippen molar-refractivity contribution in [1.82, 2.24) is 4.90 Å². The van der Waals surface area contributed by atoms with Gasteiger partial charge < -0.3 is 10.8 Å². The van der Waals surface area contributed by atoms with Crippen molar-refractivity contribution in [3.8, 4) is 0 Å². The first-order chi connectivity index (χ1) is 7.95. The fraction of sp³-hybridized carbons (Fsp3) is 0.692. The van der Waals surface area contributed by atoms with E-state index in [-0.39, 0.29) is 18.2 Å². The van der Waals surface area contributed by atoms with Crippen molar-refractivity contribution < 1.29 is 5.11 Å². The SMILES string of the molecule is CCC(N)C(c1ccc(C)s1)N(C)CC(C)O. The van der Waals surface area contributed by atoms with E-state index in [0.717, 1.165) is 6.42 Å². The first-order valence-corrected chi connectivity index (χ1v) is 6.97. The van der Waals surface area contributed by atoms with Crippen LogP contribution in [0.25, 0.3) is 0 Å². The molecule has 1 aromatic heterocycles. The number of hydrogen-bond donors (Lipinski definition) is 2. The molecule has 0 saturated heterocycles. The maximum absolute atomic E-state index is 9.50. The van der Waals surface area contributed by atoms with Crippen LogP contribution in [0.3, 0.4) is 0 Å². The molecule has 3 nitrogen and oxygen atoms in total. The summed E-state index contributed by atoms with van der Waals surface area (Å²) in [5.41, 5.74) is 6.22. The lowest BCUT2D eigenvalue weighted by atomic mass is 10.0. The first kappa shape index (κ1) is 14.6. The third-order valence-corrected chi connectivity index (χ3v) is 4.03. The van der Waals surface area contributed by atoms with Crippen LogP contribution < -0.4 is 5.73 Å². The largest absolute Gasteiger partial charge is 0.392 e. The number of aryl methyl sites for hydroxylation is 1. The van der Waals surface area contributed by atoms with E-state index in [1.54, 1.807) is 11.3 Å². The highest BCUT2D eigenvalue weighted by Gasteiger charge is 2.25. The summed E-state index contributed by atoms with van der Waals surface area (Å²) in [5, 5.41) is 9.50. The molecule has 0 aliphatic carbocycles. The third kappa shape index (κ3) is 4.07. The maximum atomic E-state index is 9.50. The summed E-state index contributed by atoms with van der Waals surface area (Å²) in [4.78, 5) is 4.75. The Balaban J connectivity index is 2.87. The van der Waals surface area contributed by atoms with Crippen molar-refractivity contribution >= 4 is 11.3 Å². The molecule has 3 atom stereocenters. The molecular weight excluding hydrogens is 232 g/mol. The molecule has 0 bridgehead atoms. The van der Waals surface area contributed by atoms with E-state index < -0.39 is 0 Å². The predicted octanol–water partition coefficient (Wildman–Crippen LogP) is 2.15. The van der Waals surface area contributed by atoms with Gasteiger partial charge in [-0.05, 0) is 39.4 Å². The molecule has 98 valence electrons. The normalized spacial score (nSPS) is 17.1. The molecule has 0 radical (unpaired) electrons. The minimum Gasteiger partial charge on any atom is -0.392 e. The van der Waals surface area contributed by atoms with Gasteiger partial charge in [0.1, 0.15) is 0 Å². The van der Waals surface area contributed by atoms with Crippen LogP contribution in [0, 0.1) is 6.92 Å². The predicted molar refractivity (Wildman–Crippen MR) is 74.4 cm³/mol. The molecule has 3 unspecified atom stereocenters. The molecule has 3 N–H and O–H groups in total. The van der Waals surface area contributed by atoms with Crippen LogP contribution in [0.5, 0.6) is 0 Å². The number of nitrogens with zero attached hydrogens (tertiary/aromatic N) is 1. The number of rotatable bonds is 6. The molecule has 1 rings (SSSR count). The standard InChI is InChI=1S/C13H24N2OS/c1-5-11(14)13(15(4)8-9(2)16)12-7-6-10(3)17-12/h6-7,9,11,13,16H,5,8,14H2,1-4H3. The summed E-state index contributed by atoms with van der Waals surface area (Å²) in [6, 6.07) is 4.59. The summed E-state index contributed by atoms with van der Waals surface area (Å²) in [5.74, 6) is 0. The Kier molecular flexibility index (Phi) is 5.59. The van der Waals surface area contributed by atoms with Gasteiger partial charge in [-0.2, -0.15) is 0 Å². The number of aliphatic hydroxyl groups is 1. The Labute approximate surface area is 108 Å². The highest BCUT2D eigenvalue weighted by molar-refractivity contribution is 7.12. The Morgan fingerprint density at radius 1 is 1.47 bits per heavy atom. The van der Waals surface area contributed by atoms with Gasteiger partial charge in [0, 0.05) is 22.3 Å².